The molecular weight excluding hydrogens is 827 g/mol. The molecule has 18 nitrogen and oxygen atoms in total. The van der Waals surface area contributed by atoms with E-state index < -0.39 is 109 Å². The quantitative estimate of drug-likeness (QED) is 0.0887. The second-order valence-corrected chi connectivity index (χ2v) is 18.3. The van der Waals surface area contributed by atoms with E-state index in [-0.39, 0.29) is 24.9 Å². The fraction of sp³-hybridized carbons (Fsp3) is 0.696. The average Bonchev–Trinajstić information content (AvgIpc) is 3.25. The highest BCUT2D eigenvalue weighted by atomic mass is 16.6. The molecule has 1 saturated carbocycles. The third kappa shape index (κ3) is 18.4. The van der Waals surface area contributed by atoms with E-state index in [1.54, 1.807) is 52.0 Å². The molecule has 2 fully saturated rings. The Labute approximate surface area is 378 Å². The Bertz CT molecular complexity index is 1710. The number of hydrogen-bond donors (Lipinski definition) is 6. The molecule has 358 valence electrons. The SMILES string of the molecule is CCCCCC[C@H]1OC(=O)CNC(=O)[C@H](CNC(=O)OC(C)(C)C)NC(=O)[C@H](CNC(=O)OCc2ccccc2)NC(=O)[C@H](C2CCCCC2)NC(=O)[C@H](CC(C)C)N(C)C(=O)[C@@H]1C. The van der Waals surface area contributed by atoms with Gasteiger partial charge in [-0.2, -0.15) is 0 Å². The van der Waals surface area contributed by atoms with Gasteiger partial charge in [0, 0.05) is 7.05 Å². The van der Waals surface area contributed by atoms with Gasteiger partial charge in [0.15, 0.2) is 0 Å². The van der Waals surface area contributed by atoms with Crippen LogP contribution in [-0.4, -0.2) is 115 Å². The Hall–Kier alpha value is -5.42. The molecular formula is C46H73N7O11. The summed E-state index contributed by atoms with van der Waals surface area (Å²) in [6, 6.07) is 3.65. The number of likely N-dealkylation sites (N-methyl/N-ethyl adjacent to an activating group) is 1. The number of nitrogens with zero attached hydrogens (tertiary/aromatic N) is 1. The Morgan fingerprint density at radius 2 is 1.45 bits per heavy atom. The molecule has 64 heavy (non-hydrogen) atoms. The van der Waals surface area contributed by atoms with Crippen molar-refractivity contribution in [1.29, 1.82) is 0 Å². The fourth-order valence-corrected chi connectivity index (χ4v) is 7.72. The smallest absolute Gasteiger partial charge is 0.407 e. The minimum Gasteiger partial charge on any atom is -0.460 e. The topological polar surface area (TPSA) is 240 Å². The van der Waals surface area contributed by atoms with Crippen LogP contribution in [0.1, 0.15) is 125 Å². The van der Waals surface area contributed by atoms with Crippen molar-refractivity contribution in [2.45, 2.75) is 162 Å². The molecule has 0 aromatic heterocycles. The molecule has 0 spiro atoms. The summed E-state index contributed by atoms with van der Waals surface area (Å²) in [5.41, 5.74) is -0.191. The normalized spacial score (nSPS) is 23.9. The average molecular weight is 900 g/mol. The minimum atomic E-state index is -1.55. The van der Waals surface area contributed by atoms with Gasteiger partial charge < -0.3 is 51.0 Å². The van der Waals surface area contributed by atoms with Gasteiger partial charge in [-0.3, -0.25) is 28.8 Å². The van der Waals surface area contributed by atoms with Crippen LogP contribution in [0, 0.1) is 17.8 Å². The molecule has 1 aromatic carbocycles. The third-order valence-electron chi connectivity index (χ3n) is 11.3. The van der Waals surface area contributed by atoms with Crippen molar-refractivity contribution in [2.24, 2.45) is 17.8 Å². The summed E-state index contributed by atoms with van der Waals surface area (Å²) < 4.78 is 16.5. The van der Waals surface area contributed by atoms with Crippen molar-refractivity contribution in [3.63, 3.8) is 0 Å². The second kappa shape index (κ2) is 26.4. The summed E-state index contributed by atoms with van der Waals surface area (Å²) >= 11 is 0. The zero-order valence-electron chi connectivity index (χ0n) is 39.1. The molecule has 1 heterocycles. The van der Waals surface area contributed by atoms with E-state index in [9.17, 15) is 38.4 Å². The zero-order chi connectivity index (χ0) is 47.4. The van der Waals surface area contributed by atoms with Crippen LogP contribution >= 0.6 is 0 Å². The second-order valence-electron chi connectivity index (χ2n) is 18.3. The molecule has 1 saturated heterocycles. The Morgan fingerprint density at radius 1 is 0.828 bits per heavy atom. The number of cyclic esters (lactones) is 1. The Balaban J connectivity index is 2.07. The van der Waals surface area contributed by atoms with Crippen LogP contribution < -0.4 is 31.9 Å². The zero-order valence-corrected chi connectivity index (χ0v) is 39.1. The summed E-state index contributed by atoms with van der Waals surface area (Å²) in [6.07, 6.45) is 5.02. The molecule has 7 amide bonds. The lowest BCUT2D eigenvalue weighted by Gasteiger charge is -2.36. The number of hydrogen-bond acceptors (Lipinski definition) is 11. The van der Waals surface area contributed by atoms with Gasteiger partial charge in [0.25, 0.3) is 0 Å². The number of unbranched alkanes of at least 4 members (excludes halogenated alkanes) is 3. The first-order chi connectivity index (χ1) is 30.3. The van der Waals surface area contributed by atoms with Crippen LogP contribution in [0.5, 0.6) is 0 Å². The van der Waals surface area contributed by atoms with Crippen LogP contribution in [0.4, 0.5) is 9.59 Å². The molecule has 6 atom stereocenters. The van der Waals surface area contributed by atoms with E-state index >= 15 is 0 Å². The molecule has 1 aromatic rings. The number of nitrogens with one attached hydrogen (secondary N) is 6. The van der Waals surface area contributed by atoms with Gasteiger partial charge in [-0.05, 0) is 70.3 Å². The summed E-state index contributed by atoms with van der Waals surface area (Å²) in [5, 5.41) is 15.6. The van der Waals surface area contributed by atoms with E-state index in [4.69, 9.17) is 14.2 Å². The Kier molecular flexibility index (Phi) is 21.8. The lowest BCUT2D eigenvalue weighted by Crippen LogP contribution is -2.63. The van der Waals surface area contributed by atoms with Gasteiger partial charge in [-0.25, -0.2) is 9.59 Å². The molecule has 0 radical (unpaired) electrons. The molecule has 2 aliphatic rings. The van der Waals surface area contributed by atoms with E-state index in [1.807, 2.05) is 19.9 Å². The van der Waals surface area contributed by atoms with Gasteiger partial charge in [-0.15, -0.1) is 0 Å². The van der Waals surface area contributed by atoms with Crippen LogP contribution in [0.3, 0.4) is 0 Å². The highest BCUT2D eigenvalue weighted by molar-refractivity contribution is 5.96. The third-order valence-corrected chi connectivity index (χ3v) is 11.3. The van der Waals surface area contributed by atoms with Crippen molar-refractivity contribution in [2.75, 3.05) is 26.7 Å². The van der Waals surface area contributed by atoms with Gasteiger partial charge in [0.1, 0.15) is 49.0 Å². The molecule has 3 rings (SSSR count). The summed E-state index contributed by atoms with van der Waals surface area (Å²) in [7, 11) is 1.52. The number of esters is 1. The number of ether oxygens (including phenoxy) is 3. The highest BCUT2D eigenvalue weighted by Gasteiger charge is 2.40. The van der Waals surface area contributed by atoms with Crippen LogP contribution in [-0.2, 0) is 49.6 Å². The lowest BCUT2D eigenvalue weighted by molar-refractivity contribution is -0.157. The van der Waals surface area contributed by atoms with Crippen LogP contribution in [0.25, 0.3) is 0 Å². The van der Waals surface area contributed by atoms with E-state index in [0.29, 0.717) is 31.2 Å². The van der Waals surface area contributed by atoms with Crippen LogP contribution in [0.2, 0.25) is 0 Å². The first-order valence-electron chi connectivity index (χ1n) is 22.9. The van der Waals surface area contributed by atoms with Crippen LogP contribution in [0.15, 0.2) is 30.3 Å². The van der Waals surface area contributed by atoms with E-state index in [0.717, 1.165) is 38.5 Å². The Morgan fingerprint density at radius 3 is 2.08 bits per heavy atom. The number of rotatable bonds is 14. The predicted molar refractivity (Wildman–Crippen MR) is 238 cm³/mol. The number of benzene rings is 1. The first-order valence-corrected chi connectivity index (χ1v) is 22.9. The van der Waals surface area contributed by atoms with Gasteiger partial charge >= 0.3 is 18.2 Å². The maximum absolute atomic E-state index is 14.5. The molecule has 6 N–H and O–H groups in total. The van der Waals surface area contributed by atoms with Gasteiger partial charge in [0.05, 0.1) is 19.0 Å². The molecule has 18 heteroatoms. The molecule has 1 aliphatic heterocycles. The molecule has 0 bridgehead atoms. The number of amides is 7. The van der Waals surface area contributed by atoms with Crippen molar-refractivity contribution in [1.82, 2.24) is 36.8 Å². The predicted octanol–water partition coefficient (Wildman–Crippen LogP) is 3.99. The molecule has 0 unspecified atom stereocenters. The maximum atomic E-state index is 14.5. The summed E-state index contributed by atoms with van der Waals surface area (Å²) in [4.78, 5) is 112. The first kappa shape index (κ1) is 52.9. The highest BCUT2D eigenvalue weighted by Crippen LogP contribution is 2.28. The molecule has 1 aliphatic carbocycles. The largest absolute Gasteiger partial charge is 0.460 e. The fourth-order valence-electron chi connectivity index (χ4n) is 7.72. The maximum Gasteiger partial charge on any atom is 0.407 e. The number of alkyl carbamates (subject to hydrolysis) is 2. The van der Waals surface area contributed by atoms with Crippen molar-refractivity contribution < 1.29 is 52.6 Å². The summed E-state index contributed by atoms with van der Waals surface area (Å²) in [5.74, 6) is -5.68. The van der Waals surface area contributed by atoms with Crippen molar-refractivity contribution in [3.05, 3.63) is 35.9 Å². The minimum absolute atomic E-state index is 0.0466. The monoisotopic (exact) mass is 900 g/mol. The number of carbonyl (C=O) groups excluding carboxylic acids is 8. The van der Waals surface area contributed by atoms with Crippen molar-refractivity contribution in [3.8, 4) is 0 Å². The van der Waals surface area contributed by atoms with Crippen molar-refractivity contribution >= 4 is 47.7 Å². The lowest BCUT2D eigenvalue weighted by atomic mass is 9.83. The van der Waals surface area contributed by atoms with Gasteiger partial charge in [-0.1, -0.05) is 96.6 Å². The van der Waals surface area contributed by atoms with Gasteiger partial charge in [0.2, 0.25) is 29.5 Å². The van der Waals surface area contributed by atoms with E-state index in [2.05, 4.69) is 38.8 Å². The summed E-state index contributed by atoms with van der Waals surface area (Å²) in [6.45, 7) is 10.7. The van der Waals surface area contributed by atoms with E-state index in [1.165, 1.54) is 11.9 Å². The standard InChI is InChI=1S/C46H73N7O11/c1-9-10-11-18-23-36-30(4)43(59)53(8)35(24-29(2)3)41(57)52-38(32-21-16-13-17-22-32)42(58)51-34(26-48-44(60)62-28-31-19-14-12-15-20-31)40(56)50-33(39(55)47-27-37(54)63-36)25-49-45(61)64-46(5,6)7/h12,14-15,19-20,29-30,32-36,38H,9-11,13,16-18,21-28H2,1-8H3,(H,47,55)(H,48,60)(H,49,61)(H,50,56)(H,51,58)(H,52,57)/t30-,33+,34+,35+,36-,38+/m1/s1. The number of carbonyl (C=O) groups is 8.